The van der Waals surface area contributed by atoms with Crippen molar-refractivity contribution < 1.29 is 18.7 Å². The molecule has 0 bridgehead atoms. The number of hydrogen-bond acceptors (Lipinski definition) is 7. The lowest BCUT2D eigenvalue weighted by Crippen LogP contribution is -2.51. The minimum absolute atomic E-state index is 0.0296. The first-order chi connectivity index (χ1) is 17.2. The molecule has 0 saturated carbocycles. The van der Waals surface area contributed by atoms with Crippen LogP contribution in [-0.4, -0.2) is 63.8 Å². The number of fused-ring (bicyclic) bond motifs is 1. The second-order valence-electron chi connectivity index (χ2n) is 9.88. The van der Waals surface area contributed by atoms with Gasteiger partial charge in [-0.25, -0.2) is 14.1 Å². The summed E-state index contributed by atoms with van der Waals surface area (Å²) in [6, 6.07) is 5.61. The van der Waals surface area contributed by atoms with Gasteiger partial charge in [0.2, 0.25) is 6.41 Å². The Kier molecular flexibility index (Phi) is 7.22. The topological polar surface area (TPSA) is 95.7 Å². The Morgan fingerprint density at radius 3 is 2.86 bits per heavy atom. The summed E-state index contributed by atoms with van der Waals surface area (Å²) in [6.07, 6.45) is 4.37. The third kappa shape index (κ3) is 5.02. The van der Waals surface area contributed by atoms with Crippen LogP contribution in [0.25, 0.3) is 5.70 Å². The molecule has 1 amide bonds. The second-order valence-corrected chi connectivity index (χ2v) is 9.88. The highest BCUT2D eigenvalue weighted by Gasteiger charge is 2.33. The summed E-state index contributed by atoms with van der Waals surface area (Å²) < 4.78 is 28.0. The number of carbonyl (C=O) groups is 1. The van der Waals surface area contributed by atoms with Crippen LogP contribution in [0.4, 0.5) is 4.39 Å². The Hall–Kier alpha value is -3.58. The lowest BCUT2D eigenvalue weighted by Gasteiger charge is -2.44. The fourth-order valence-corrected chi connectivity index (χ4v) is 4.88. The van der Waals surface area contributed by atoms with E-state index in [0.717, 1.165) is 24.4 Å². The fraction of sp³-hybridized carbons (Fsp3) is 0.500. The Morgan fingerprint density at radius 1 is 1.42 bits per heavy atom. The van der Waals surface area contributed by atoms with Gasteiger partial charge in [-0.2, -0.15) is 5.26 Å². The molecule has 2 aromatic rings. The van der Waals surface area contributed by atoms with E-state index in [1.807, 2.05) is 32.9 Å². The number of nitriles is 1. The van der Waals surface area contributed by atoms with Crippen LogP contribution in [-0.2, 0) is 11.2 Å². The van der Waals surface area contributed by atoms with E-state index < -0.39 is 11.4 Å². The molecule has 4 rings (SSSR count). The van der Waals surface area contributed by atoms with Crippen molar-refractivity contribution in [3.8, 4) is 17.6 Å². The number of carbonyl (C=O) groups excluding carboxylic acids is 1. The molecule has 2 atom stereocenters. The average molecular weight is 497 g/mol. The van der Waals surface area contributed by atoms with E-state index >= 15 is 0 Å². The van der Waals surface area contributed by atoms with Gasteiger partial charge in [-0.1, -0.05) is 6.08 Å². The highest BCUT2D eigenvalue weighted by Crippen LogP contribution is 2.40. The van der Waals surface area contributed by atoms with Gasteiger partial charge in [-0.3, -0.25) is 15.1 Å². The zero-order chi connectivity index (χ0) is 26.0. The molecule has 1 saturated heterocycles. The van der Waals surface area contributed by atoms with Gasteiger partial charge in [-0.05, 0) is 52.3 Å². The molecule has 36 heavy (non-hydrogen) atoms. The minimum Gasteiger partial charge on any atom is -0.483 e. The second kappa shape index (κ2) is 10.2. The average Bonchev–Trinajstić information content (AvgIpc) is 3.21. The number of imidazole rings is 1. The van der Waals surface area contributed by atoms with Gasteiger partial charge in [0.25, 0.3) is 0 Å². The largest absolute Gasteiger partial charge is 0.483 e. The van der Waals surface area contributed by atoms with E-state index in [0.29, 0.717) is 36.8 Å². The van der Waals surface area contributed by atoms with Crippen LogP contribution < -0.4 is 14.9 Å². The number of piperazine rings is 1. The summed E-state index contributed by atoms with van der Waals surface area (Å²) in [4.78, 5) is 20.3. The molecule has 1 aromatic heterocycles. The summed E-state index contributed by atoms with van der Waals surface area (Å²) in [6.45, 7) is 12.5. The van der Waals surface area contributed by atoms with Crippen molar-refractivity contribution in [2.75, 3.05) is 31.7 Å². The molecule has 10 heteroatoms. The van der Waals surface area contributed by atoms with Gasteiger partial charge in [-0.15, -0.1) is 0 Å². The third-order valence-corrected chi connectivity index (χ3v) is 6.69. The predicted molar refractivity (Wildman–Crippen MR) is 133 cm³/mol. The monoisotopic (exact) mass is 496 g/mol. The number of nitrogens with zero attached hydrogens (tertiary/aromatic N) is 5. The number of benzene rings is 1. The molecule has 3 heterocycles. The van der Waals surface area contributed by atoms with Crippen LogP contribution in [0.15, 0.2) is 24.4 Å². The van der Waals surface area contributed by atoms with Gasteiger partial charge in [0.1, 0.15) is 12.2 Å². The summed E-state index contributed by atoms with van der Waals surface area (Å²) in [5.74, 6) is 0.796. The molecule has 192 valence electrons. The zero-order valence-corrected chi connectivity index (χ0v) is 21.4. The first kappa shape index (κ1) is 25.5. The SMILES string of the molecule is C/C=C(\c1nc(CC#N)cn1NC=O)N1CCN(C(C)c2cc(F)c3c(c2)OC(C)(C)CO3)CC1C. The van der Waals surface area contributed by atoms with Crippen molar-refractivity contribution in [1.29, 1.82) is 5.26 Å². The quantitative estimate of drug-likeness (QED) is 0.587. The van der Waals surface area contributed by atoms with Gasteiger partial charge >= 0.3 is 0 Å². The van der Waals surface area contributed by atoms with E-state index in [-0.39, 0.29) is 24.3 Å². The molecule has 1 fully saturated rings. The number of amides is 1. The maximum atomic E-state index is 14.8. The van der Waals surface area contributed by atoms with Crippen molar-refractivity contribution in [2.45, 2.75) is 58.7 Å². The number of hydrogen-bond donors (Lipinski definition) is 1. The van der Waals surface area contributed by atoms with Gasteiger partial charge in [0.05, 0.1) is 30.1 Å². The molecular weight excluding hydrogens is 463 g/mol. The van der Waals surface area contributed by atoms with Crippen LogP contribution in [0.2, 0.25) is 0 Å². The van der Waals surface area contributed by atoms with E-state index in [1.165, 1.54) is 6.07 Å². The Labute approximate surface area is 211 Å². The molecule has 0 radical (unpaired) electrons. The summed E-state index contributed by atoms with van der Waals surface area (Å²) >= 11 is 0. The van der Waals surface area contributed by atoms with Crippen LogP contribution in [0.3, 0.4) is 0 Å². The van der Waals surface area contributed by atoms with E-state index in [4.69, 9.17) is 14.7 Å². The minimum atomic E-state index is -0.512. The smallest absolute Gasteiger partial charge is 0.226 e. The van der Waals surface area contributed by atoms with Crippen LogP contribution >= 0.6 is 0 Å². The lowest BCUT2D eigenvalue weighted by molar-refractivity contribution is -0.106. The molecule has 0 spiro atoms. The maximum absolute atomic E-state index is 14.8. The zero-order valence-electron chi connectivity index (χ0n) is 21.4. The standard InChI is InChI=1S/C26H33FN6O3/c1-6-22(25-30-20(7-8-28)14-33(25)29-16-34)32-10-9-31(13-17(32)2)18(3)19-11-21(27)24-23(12-19)36-26(4,5)15-35-24/h6,11-12,14,16-18H,7,9-10,13,15H2,1-5H3,(H,29,34)/b22-6+. The van der Waals surface area contributed by atoms with E-state index in [9.17, 15) is 9.18 Å². The Bertz CT molecular complexity index is 1200. The van der Waals surface area contributed by atoms with Crippen LogP contribution in [0.5, 0.6) is 11.5 Å². The molecule has 2 aliphatic heterocycles. The summed E-state index contributed by atoms with van der Waals surface area (Å²) in [5, 5.41) is 9.06. The lowest BCUT2D eigenvalue weighted by atomic mass is 10.0. The summed E-state index contributed by atoms with van der Waals surface area (Å²) in [7, 11) is 0. The number of allylic oxidation sites excluding steroid dienone is 1. The molecule has 1 N–H and O–H groups in total. The van der Waals surface area contributed by atoms with Crippen molar-refractivity contribution in [1.82, 2.24) is 19.5 Å². The number of rotatable bonds is 7. The number of ether oxygens (including phenoxy) is 2. The van der Waals surface area contributed by atoms with Crippen LogP contribution in [0, 0.1) is 17.1 Å². The van der Waals surface area contributed by atoms with Crippen molar-refractivity contribution >= 4 is 12.1 Å². The highest BCUT2D eigenvalue weighted by atomic mass is 19.1. The molecule has 9 nitrogen and oxygen atoms in total. The van der Waals surface area contributed by atoms with Crippen molar-refractivity contribution in [3.63, 3.8) is 0 Å². The molecular formula is C26H33FN6O3. The normalized spacial score (nSPS) is 20.5. The third-order valence-electron chi connectivity index (χ3n) is 6.69. The molecule has 1 aromatic carbocycles. The Balaban J connectivity index is 1.52. The Morgan fingerprint density at radius 2 is 2.19 bits per heavy atom. The van der Waals surface area contributed by atoms with Crippen LogP contribution in [0.1, 0.15) is 57.7 Å². The van der Waals surface area contributed by atoms with Gasteiger partial charge in [0.15, 0.2) is 23.1 Å². The van der Waals surface area contributed by atoms with Crippen molar-refractivity contribution in [3.05, 3.63) is 47.3 Å². The predicted octanol–water partition coefficient (Wildman–Crippen LogP) is 3.47. The summed E-state index contributed by atoms with van der Waals surface area (Å²) in [5.41, 5.74) is 4.43. The molecule has 2 unspecified atom stereocenters. The molecule has 0 aliphatic carbocycles. The first-order valence-corrected chi connectivity index (χ1v) is 12.2. The first-order valence-electron chi connectivity index (χ1n) is 12.2. The van der Waals surface area contributed by atoms with Gasteiger partial charge < -0.3 is 14.4 Å². The van der Waals surface area contributed by atoms with Gasteiger partial charge in [0, 0.05) is 31.7 Å². The maximum Gasteiger partial charge on any atom is 0.226 e. The van der Waals surface area contributed by atoms with E-state index in [2.05, 4.69) is 40.1 Å². The molecule has 2 aliphatic rings. The van der Waals surface area contributed by atoms with E-state index in [1.54, 1.807) is 10.9 Å². The fourth-order valence-electron chi connectivity index (χ4n) is 4.88. The highest BCUT2D eigenvalue weighted by molar-refractivity contribution is 5.63. The number of nitrogens with one attached hydrogen (secondary N) is 1. The number of halogens is 1. The van der Waals surface area contributed by atoms with Crippen molar-refractivity contribution in [2.24, 2.45) is 0 Å². The number of aromatic nitrogens is 2.